The number of hydrogen-bond acceptors (Lipinski definition) is 0. The molecule has 1 heteroatoms. The second kappa shape index (κ2) is 6.30. The van der Waals surface area contributed by atoms with E-state index >= 15 is 0 Å². The first-order valence-corrected chi connectivity index (χ1v) is 9.35. The van der Waals surface area contributed by atoms with Gasteiger partial charge in [0.05, 0.1) is 0 Å². The standard InChI is InChI=1S/C13H26Si/c1-7-12(2)11-13(3)9-8-10-14(4,5)6/h12-13H,7,9,11H2,1-6H3. The Labute approximate surface area is 91.5 Å². The van der Waals surface area contributed by atoms with E-state index in [1.165, 1.54) is 12.8 Å². The highest BCUT2D eigenvalue weighted by molar-refractivity contribution is 6.83. The first kappa shape index (κ1) is 13.8. The van der Waals surface area contributed by atoms with Gasteiger partial charge >= 0.3 is 0 Å². The first-order chi connectivity index (χ1) is 6.35. The van der Waals surface area contributed by atoms with Crippen LogP contribution in [0.15, 0.2) is 0 Å². The van der Waals surface area contributed by atoms with Crippen molar-refractivity contribution in [2.45, 2.75) is 59.7 Å². The van der Waals surface area contributed by atoms with Crippen LogP contribution < -0.4 is 0 Å². The lowest BCUT2D eigenvalue weighted by atomic mass is 9.93. The van der Waals surface area contributed by atoms with E-state index in [-0.39, 0.29) is 0 Å². The molecule has 0 aliphatic carbocycles. The fraction of sp³-hybridized carbons (Fsp3) is 0.846. The molecule has 0 radical (unpaired) electrons. The molecule has 0 aromatic carbocycles. The predicted molar refractivity (Wildman–Crippen MR) is 69.0 cm³/mol. The van der Waals surface area contributed by atoms with Crippen molar-refractivity contribution in [3.05, 3.63) is 0 Å². The highest BCUT2D eigenvalue weighted by Gasteiger charge is 2.08. The van der Waals surface area contributed by atoms with E-state index in [1.807, 2.05) is 0 Å². The zero-order chi connectivity index (χ0) is 11.2. The maximum Gasteiger partial charge on any atom is 0.129 e. The Morgan fingerprint density at radius 3 is 2.07 bits per heavy atom. The molecule has 0 saturated heterocycles. The van der Waals surface area contributed by atoms with Gasteiger partial charge in [-0.3, -0.25) is 0 Å². The molecule has 82 valence electrons. The Hall–Kier alpha value is -0.223. The third-order valence-electron chi connectivity index (χ3n) is 2.42. The van der Waals surface area contributed by atoms with Crippen molar-refractivity contribution in [2.75, 3.05) is 0 Å². The second-order valence-electron chi connectivity index (χ2n) is 5.61. The van der Waals surface area contributed by atoms with Gasteiger partial charge < -0.3 is 0 Å². The monoisotopic (exact) mass is 210 g/mol. The molecule has 2 atom stereocenters. The Bertz CT molecular complexity index is 202. The molecule has 0 aliphatic heterocycles. The molecular weight excluding hydrogens is 184 g/mol. The van der Waals surface area contributed by atoms with E-state index in [2.05, 4.69) is 51.9 Å². The largest absolute Gasteiger partial charge is 0.132 e. The van der Waals surface area contributed by atoms with Gasteiger partial charge in [0.2, 0.25) is 0 Å². The summed E-state index contributed by atoms with van der Waals surface area (Å²) in [4.78, 5) is 0. The zero-order valence-electron chi connectivity index (χ0n) is 10.8. The van der Waals surface area contributed by atoms with Crippen LogP contribution in [0.5, 0.6) is 0 Å². The quantitative estimate of drug-likeness (QED) is 0.478. The lowest BCUT2D eigenvalue weighted by Crippen LogP contribution is -2.16. The minimum atomic E-state index is -1.13. The molecule has 0 spiro atoms. The van der Waals surface area contributed by atoms with E-state index in [9.17, 15) is 0 Å². The van der Waals surface area contributed by atoms with Crippen molar-refractivity contribution in [1.29, 1.82) is 0 Å². The molecular formula is C13H26Si. The van der Waals surface area contributed by atoms with Crippen LogP contribution in [0.3, 0.4) is 0 Å². The Morgan fingerprint density at radius 2 is 1.64 bits per heavy atom. The predicted octanol–water partition coefficient (Wildman–Crippen LogP) is 4.33. The summed E-state index contributed by atoms with van der Waals surface area (Å²) in [7, 11) is -1.13. The molecule has 0 rings (SSSR count). The molecule has 0 nitrogen and oxygen atoms in total. The van der Waals surface area contributed by atoms with Crippen LogP contribution in [0.2, 0.25) is 19.6 Å². The van der Waals surface area contributed by atoms with Gasteiger partial charge in [-0.2, -0.15) is 0 Å². The Morgan fingerprint density at radius 1 is 1.07 bits per heavy atom. The van der Waals surface area contributed by atoms with Crippen LogP contribution in [-0.2, 0) is 0 Å². The van der Waals surface area contributed by atoms with Crippen molar-refractivity contribution in [3.8, 4) is 11.5 Å². The van der Waals surface area contributed by atoms with E-state index in [4.69, 9.17) is 0 Å². The smallest absolute Gasteiger partial charge is 0.129 e. The topological polar surface area (TPSA) is 0 Å². The normalized spacial score (nSPS) is 15.6. The van der Waals surface area contributed by atoms with Gasteiger partial charge in [0, 0.05) is 6.42 Å². The molecule has 0 aromatic heterocycles. The molecule has 0 aromatic rings. The molecule has 0 saturated carbocycles. The van der Waals surface area contributed by atoms with Crippen LogP contribution in [0, 0.1) is 23.3 Å². The lowest BCUT2D eigenvalue weighted by Gasteiger charge is -2.13. The summed E-state index contributed by atoms with van der Waals surface area (Å²) in [5.41, 5.74) is 3.43. The molecule has 0 N–H and O–H groups in total. The number of rotatable bonds is 4. The van der Waals surface area contributed by atoms with Crippen molar-refractivity contribution in [3.63, 3.8) is 0 Å². The summed E-state index contributed by atoms with van der Waals surface area (Å²) in [5, 5.41) is 0. The SMILES string of the molecule is CCC(C)CC(C)CC#C[Si](C)(C)C. The van der Waals surface area contributed by atoms with Gasteiger partial charge in [0.1, 0.15) is 8.07 Å². The van der Waals surface area contributed by atoms with Crippen LogP contribution in [0.4, 0.5) is 0 Å². The molecule has 0 bridgehead atoms. The Kier molecular flexibility index (Phi) is 6.20. The zero-order valence-corrected chi connectivity index (χ0v) is 11.8. The van der Waals surface area contributed by atoms with Crippen molar-refractivity contribution >= 4 is 8.07 Å². The minimum absolute atomic E-state index is 0.772. The van der Waals surface area contributed by atoms with E-state index < -0.39 is 8.07 Å². The van der Waals surface area contributed by atoms with Crippen molar-refractivity contribution < 1.29 is 0 Å². The third kappa shape index (κ3) is 8.38. The Balaban J connectivity index is 3.83. The molecule has 0 amide bonds. The summed E-state index contributed by atoms with van der Waals surface area (Å²) in [5.74, 6) is 5.00. The maximum atomic E-state index is 3.43. The van der Waals surface area contributed by atoms with Gasteiger partial charge in [-0.25, -0.2) is 0 Å². The van der Waals surface area contributed by atoms with Gasteiger partial charge in [0.15, 0.2) is 0 Å². The summed E-state index contributed by atoms with van der Waals surface area (Å²) >= 11 is 0. The molecule has 0 aliphatic rings. The third-order valence-corrected chi connectivity index (χ3v) is 3.34. The van der Waals surface area contributed by atoms with E-state index in [0.717, 1.165) is 18.3 Å². The average molecular weight is 210 g/mol. The van der Waals surface area contributed by atoms with Crippen LogP contribution in [-0.4, -0.2) is 8.07 Å². The summed E-state index contributed by atoms with van der Waals surface area (Å²) in [6.07, 6.45) is 3.72. The molecule has 0 fully saturated rings. The van der Waals surface area contributed by atoms with Gasteiger partial charge in [-0.1, -0.05) is 46.8 Å². The summed E-state index contributed by atoms with van der Waals surface area (Å²) in [6.45, 7) is 13.8. The van der Waals surface area contributed by atoms with Crippen LogP contribution >= 0.6 is 0 Å². The van der Waals surface area contributed by atoms with E-state index in [0.29, 0.717) is 0 Å². The average Bonchev–Trinajstić information content (AvgIpc) is 2.01. The van der Waals surface area contributed by atoms with Gasteiger partial charge in [0.25, 0.3) is 0 Å². The van der Waals surface area contributed by atoms with Crippen molar-refractivity contribution in [2.24, 2.45) is 11.8 Å². The summed E-state index contributed by atoms with van der Waals surface area (Å²) < 4.78 is 0. The molecule has 2 unspecified atom stereocenters. The van der Waals surface area contributed by atoms with Gasteiger partial charge in [-0.05, 0) is 18.3 Å². The first-order valence-electron chi connectivity index (χ1n) is 5.85. The fourth-order valence-corrected chi connectivity index (χ4v) is 2.06. The lowest BCUT2D eigenvalue weighted by molar-refractivity contribution is 0.412. The highest BCUT2D eigenvalue weighted by Crippen LogP contribution is 2.16. The maximum absolute atomic E-state index is 3.43. The molecule has 0 heterocycles. The van der Waals surface area contributed by atoms with Crippen LogP contribution in [0.25, 0.3) is 0 Å². The summed E-state index contributed by atoms with van der Waals surface area (Å²) in [6, 6.07) is 0. The minimum Gasteiger partial charge on any atom is -0.132 e. The van der Waals surface area contributed by atoms with E-state index in [1.54, 1.807) is 0 Å². The van der Waals surface area contributed by atoms with Crippen LogP contribution in [0.1, 0.15) is 40.0 Å². The highest BCUT2D eigenvalue weighted by atomic mass is 28.3. The fourth-order valence-electron chi connectivity index (χ4n) is 1.43. The van der Waals surface area contributed by atoms with Crippen molar-refractivity contribution in [1.82, 2.24) is 0 Å². The molecule has 14 heavy (non-hydrogen) atoms. The second-order valence-corrected chi connectivity index (χ2v) is 10.4. The van der Waals surface area contributed by atoms with Gasteiger partial charge in [-0.15, -0.1) is 11.5 Å². The number of hydrogen-bond donors (Lipinski definition) is 0.